The molecule has 5 nitrogen and oxygen atoms in total. The van der Waals surface area contributed by atoms with Crippen LogP contribution in [-0.2, 0) is 4.79 Å². The molecule has 6 heteroatoms. The van der Waals surface area contributed by atoms with Crippen LogP contribution in [0.5, 0.6) is 0 Å². The highest BCUT2D eigenvalue weighted by Crippen LogP contribution is 2.32. The normalized spacial score (nSPS) is 18.0. The Morgan fingerprint density at radius 2 is 1.61 bits per heavy atom. The van der Waals surface area contributed by atoms with Crippen molar-refractivity contribution in [3.8, 4) is 11.3 Å². The number of hydrogen-bond acceptors (Lipinski definition) is 5. The molecular weight excluding hydrogens is 406 g/mol. The lowest BCUT2D eigenvalue weighted by molar-refractivity contribution is -0.113. The summed E-state index contributed by atoms with van der Waals surface area (Å²) in [7, 11) is 0. The van der Waals surface area contributed by atoms with Crippen LogP contribution in [0.15, 0.2) is 81.0 Å². The average molecular weight is 430 g/mol. The van der Waals surface area contributed by atoms with Gasteiger partial charge in [0.25, 0.3) is 5.91 Å². The standard InChI is InChI=1S/C25H23N3O2S/c1-18-7-9-20(10-8-18)27-13-15-28(16-14-27)25-26-24(29)23(31-25)17-21-11-12-22(30-21)19-5-3-2-4-6-19/h2-12,17H,13-16H2,1H3/b23-17+. The molecule has 0 atom stereocenters. The van der Waals surface area contributed by atoms with Gasteiger partial charge in [0.15, 0.2) is 5.17 Å². The molecule has 0 bridgehead atoms. The van der Waals surface area contributed by atoms with E-state index in [1.165, 1.54) is 23.0 Å². The van der Waals surface area contributed by atoms with Gasteiger partial charge < -0.3 is 14.2 Å². The number of aryl methyl sites for hydroxylation is 1. The van der Waals surface area contributed by atoms with Crippen molar-refractivity contribution in [1.82, 2.24) is 4.90 Å². The quantitative estimate of drug-likeness (QED) is 0.546. The summed E-state index contributed by atoms with van der Waals surface area (Å²) in [5.41, 5.74) is 3.53. The molecule has 31 heavy (non-hydrogen) atoms. The van der Waals surface area contributed by atoms with Gasteiger partial charge in [-0.15, -0.1) is 0 Å². The minimum atomic E-state index is -0.196. The van der Waals surface area contributed by atoms with Gasteiger partial charge in [-0.2, -0.15) is 4.99 Å². The van der Waals surface area contributed by atoms with E-state index in [2.05, 4.69) is 46.0 Å². The van der Waals surface area contributed by atoms with Gasteiger partial charge >= 0.3 is 0 Å². The largest absolute Gasteiger partial charge is 0.457 e. The van der Waals surface area contributed by atoms with Crippen molar-refractivity contribution in [2.75, 3.05) is 31.1 Å². The molecule has 0 spiro atoms. The zero-order valence-corrected chi connectivity index (χ0v) is 18.1. The van der Waals surface area contributed by atoms with E-state index in [1.54, 1.807) is 6.08 Å². The van der Waals surface area contributed by atoms with Crippen LogP contribution in [-0.4, -0.2) is 42.2 Å². The Hall–Kier alpha value is -3.25. The SMILES string of the molecule is Cc1ccc(N2CCN(C3=NC(=O)/C(=C\c4ccc(-c5ccccc5)o4)S3)CC2)cc1. The first-order valence-electron chi connectivity index (χ1n) is 10.4. The third-order valence-electron chi connectivity index (χ3n) is 5.52. The van der Waals surface area contributed by atoms with E-state index < -0.39 is 0 Å². The molecule has 3 aromatic rings. The summed E-state index contributed by atoms with van der Waals surface area (Å²) in [6.07, 6.45) is 1.79. The number of benzene rings is 2. The lowest BCUT2D eigenvalue weighted by Gasteiger charge is -2.36. The molecule has 0 unspecified atom stereocenters. The molecule has 3 heterocycles. The Morgan fingerprint density at radius 1 is 0.903 bits per heavy atom. The highest BCUT2D eigenvalue weighted by molar-refractivity contribution is 8.18. The first-order valence-corrected chi connectivity index (χ1v) is 11.2. The fraction of sp³-hybridized carbons (Fsp3) is 0.200. The second-order valence-electron chi connectivity index (χ2n) is 7.69. The summed E-state index contributed by atoms with van der Waals surface area (Å²) in [4.78, 5) is 22.0. The highest BCUT2D eigenvalue weighted by Gasteiger charge is 2.28. The molecule has 0 saturated carbocycles. The van der Waals surface area contributed by atoms with Gasteiger partial charge in [0.1, 0.15) is 11.5 Å². The van der Waals surface area contributed by atoms with E-state index in [-0.39, 0.29) is 5.91 Å². The number of carbonyl (C=O) groups is 1. The maximum absolute atomic E-state index is 12.5. The Labute approximate surface area is 186 Å². The molecule has 156 valence electrons. The molecule has 1 saturated heterocycles. The lowest BCUT2D eigenvalue weighted by atomic mass is 10.2. The van der Waals surface area contributed by atoms with Gasteiger partial charge in [-0.05, 0) is 43.0 Å². The average Bonchev–Trinajstić information content (AvgIpc) is 3.42. The minimum absolute atomic E-state index is 0.196. The number of rotatable bonds is 3. The molecule has 0 radical (unpaired) electrons. The first-order chi connectivity index (χ1) is 15.2. The van der Waals surface area contributed by atoms with Crippen molar-refractivity contribution in [3.05, 3.63) is 83.0 Å². The van der Waals surface area contributed by atoms with Gasteiger partial charge in [-0.3, -0.25) is 4.79 Å². The number of amides is 1. The first kappa shape index (κ1) is 19.7. The van der Waals surface area contributed by atoms with Crippen LogP contribution in [0.1, 0.15) is 11.3 Å². The molecule has 0 aliphatic carbocycles. The van der Waals surface area contributed by atoms with Gasteiger partial charge in [0.05, 0.1) is 4.91 Å². The Kier molecular flexibility index (Phi) is 5.38. The van der Waals surface area contributed by atoms with E-state index in [4.69, 9.17) is 4.42 Å². The summed E-state index contributed by atoms with van der Waals surface area (Å²) in [6, 6.07) is 22.4. The third kappa shape index (κ3) is 4.30. The Balaban J connectivity index is 1.23. The Bertz CT molecular complexity index is 1140. The summed E-state index contributed by atoms with van der Waals surface area (Å²) >= 11 is 1.43. The molecule has 2 aliphatic heterocycles. The number of furan rings is 1. The van der Waals surface area contributed by atoms with Gasteiger partial charge in [0.2, 0.25) is 0 Å². The second-order valence-corrected chi connectivity index (χ2v) is 8.70. The second kappa shape index (κ2) is 8.47. The molecular formula is C25H23N3O2S. The van der Waals surface area contributed by atoms with E-state index in [0.29, 0.717) is 10.7 Å². The maximum atomic E-state index is 12.5. The molecule has 1 aromatic heterocycles. The number of thioether (sulfide) groups is 1. The van der Waals surface area contributed by atoms with E-state index in [1.807, 2.05) is 42.5 Å². The smallest absolute Gasteiger partial charge is 0.286 e. The molecule has 2 aliphatic rings. The summed E-state index contributed by atoms with van der Waals surface area (Å²) in [5.74, 6) is 1.25. The van der Waals surface area contributed by atoms with Crippen LogP contribution in [0.25, 0.3) is 17.4 Å². The van der Waals surface area contributed by atoms with Crippen LogP contribution >= 0.6 is 11.8 Å². The van der Waals surface area contributed by atoms with E-state index in [0.717, 1.165) is 42.7 Å². The van der Waals surface area contributed by atoms with E-state index in [9.17, 15) is 4.79 Å². The van der Waals surface area contributed by atoms with Gasteiger partial charge in [0, 0.05) is 43.5 Å². The molecule has 1 fully saturated rings. The predicted molar refractivity (Wildman–Crippen MR) is 127 cm³/mol. The van der Waals surface area contributed by atoms with Crippen molar-refractivity contribution in [2.24, 2.45) is 4.99 Å². The number of hydrogen-bond donors (Lipinski definition) is 0. The van der Waals surface area contributed by atoms with Crippen LogP contribution < -0.4 is 4.90 Å². The van der Waals surface area contributed by atoms with Gasteiger partial charge in [-0.1, -0.05) is 48.0 Å². The maximum Gasteiger partial charge on any atom is 0.286 e. The number of nitrogens with zero attached hydrogens (tertiary/aromatic N) is 3. The molecule has 2 aromatic carbocycles. The predicted octanol–water partition coefficient (Wildman–Crippen LogP) is 5.05. The molecule has 0 N–H and O–H groups in total. The number of aliphatic imine (C=N–C) groups is 1. The van der Waals surface area contributed by atoms with Crippen molar-refractivity contribution in [1.29, 1.82) is 0 Å². The number of carbonyl (C=O) groups excluding carboxylic acids is 1. The number of piperazine rings is 1. The Morgan fingerprint density at radius 3 is 2.35 bits per heavy atom. The molecule has 1 amide bonds. The van der Waals surface area contributed by atoms with Crippen molar-refractivity contribution >= 4 is 34.6 Å². The van der Waals surface area contributed by atoms with Crippen LogP contribution in [0.4, 0.5) is 5.69 Å². The van der Waals surface area contributed by atoms with Crippen LogP contribution in [0.3, 0.4) is 0 Å². The topological polar surface area (TPSA) is 49.0 Å². The van der Waals surface area contributed by atoms with Crippen molar-refractivity contribution < 1.29 is 9.21 Å². The summed E-state index contributed by atoms with van der Waals surface area (Å²) < 4.78 is 5.92. The fourth-order valence-electron chi connectivity index (χ4n) is 3.76. The minimum Gasteiger partial charge on any atom is -0.457 e. The van der Waals surface area contributed by atoms with Crippen LogP contribution in [0, 0.1) is 6.92 Å². The number of anilines is 1. The van der Waals surface area contributed by atoms with Crippen molar-refractivity contribution in [3.63, 3.8) is 0 Å². The zero-order valence-electron chi connectivity index (χ0n) is 17.3. The lowest BCUT2D eigenvalue weighted by Crippen LogP contribution is -2.47. The fourth-order valence-corrected chi connectivity index (χ4v) is 4.71. The highest BCUT2D eigenvalue weighted by atomic mass is 32.2. The van der Waals surface area contributed by atoms with Crippen molar-refractivity contribution in [2.45, 2.75) is 6.92 Å². The summed E-state index contributed by atoms with van der Waals surface area (Å²) in [5, 5.41) is 0.787. The van der Waals surface area contributed by atoms with E-state index >= 15 is 0 Å². The summed E-state index contributed by atoms with van der Waals surface area (Å²) in [6.45, 7) is 5.62. The van der Waals surface area contributed by atoms with Gasteiger partial charge in [-0.25, -0.2) is 0 Å². The number of amidine groups is 1. The monoisotopic (exact) mass is 429 g/mol. The zero-order chi connectivity index (χ0) is 21.2. The van der Waals surface area contributed by atoms with Crippen LogP contribution in [0.2, 0.25) is 0 Å². The molecule has 5 rings (SSSR count). The third-order valence-corrected chi connectivity index (χ3v) is 6.56.